The maximum absolute atomic E-state index is 12.5. The molecule has 1 aromatic rings. The van der Waals surface area contributed by atoms with Gasteiger partial charge >= 0.3 is 0 Å². The number of hydrogen-bond donors (Lipinski definition) is 1. The van der Waals surface area contributed by atoms with E-state index < -0.39 is 10.0 Å². The van der Waals surface area contributed by atoms with Crippen molar-refractivity contribution < 1.29 is 13.2 Å². The summed E-state index contributed by atoms with van der Waals surface area (Å²) in [6.45, 7) is 3.25. The van der Waals surface area contributed by atoms with E-state index in [4.69, 9.17) is 16.3 Å². The van der Waals surface area contributed by atoms with E-state index in [1.807, 2.05) is 6.92 Å². The Morgan fingerprint density at radius 1 is 1.67 bits per heavy atom. The SMILES string of the molecule is CC1CN(S(=O)(=O)c2[nH]ncc2CCl)CCCO1. The Labute approximate surface area is 111 Å². The number of alkyl halides is 1. The smallest absolute Gasteiger partial charge is 0.260 e. The van der Waals surface area contributed by atoms with Gasteiger partial charge in [0.25, 0.3) is 10.0 Å². The molecule has 0 bridgehead atoms. The first-order chi connectivity index (χ1) is 8.55. The van der Waals surface area contributed by atoms with Crippen molar-refractivity contribution in [3.05, 3.63) is 11.8 Å². The fourth-order valence-electron chi connectivity index (χ4n) is 1.92. The highest BCUT2D eigenvalue weighted by molar-refractivity contribution is 7.89. The number of H-pyrrole nitrogens is 1. The standard InChI is InChI=1S/C10H16ClN3O3S/c1-8-7-14(3-2-4-17-8)18(15,16)10-9(5-11)6-12-13-10/h6,8H,2-5,7H2,1H3,(H,12,13). The van der Waals surface area contributed by atoms with Crippen LogP contribution in [0.3, 0.4) is 0 Å². The third-order valence-corrected chi connectivity index (χ3v) is 5.00. The lowest BCUT2D eigenvalue weighted by molar-refractivity contribution is 0.0751. The van der Waals surface area contributed by atoms with Crippen molar-refractivity contribution in [1.29, 1.82) is 0 Å². The van der Waals surface area contributed by atoms with E-state index in [0.29, 0.717) is 31.7 Å². The van der Waals surface area contributed by atoms with Gasteiger partial charge in [0, 0.05) is 25.3 Å². The molecule has 6 nitrogen and oxygen atoms in total. The molecule has 1 aromatic heterocycles. The number of rotatable bonds is 3. The van der Waals surface area contributed by atoms with Crippen molar-refractivity contribution in [2.75, 3.05) is 19.7 Å². The molecule has 2 heterocycles. The van der Waals surface area contributed by atoms with Gasteiger partial charge in [0.2, 0.25) is 0 Å². The zero-order chi connectivity index (χ0) is 13.2. The Morgan fingerprint density at radius 2 is 2.44 bits per heavy atom. The second kappa shape index (κ2) is 5.56. The van der Waals surface area contributed by atoms with Gasteiger partial charge in [0.1, 0.15) is 0 Å². The molecule has 0 aromatic carbocycles. The number of sulfonamides is 1. The Morgan fingerprint density at radius 3 is 3.17 bits per heavy atom. The topological polar surface area (TPSA) is 75.3 Å². The molecule has 0 radical (unpaired) electrons. The number of nitrogens with one attached hydrogen (secondary N) is 1. The lowest BCUT2D eigenvalue weighted by Crippen LogP contribution is -2.36. The van der Waals surface area contributed by atoms with Crippen LogP contribution in [0, 0.1) is 0 Å². The van der Waals surface area contributed by atoms with E-state index >= 15 is 0 Å². The summed E-state index contributed by atoms with van der Waals surface area (Å²) in [4.78, 5) is 0. The quantitative estimate of drug-likeness (QED) is 0.842. The molecule has 1 saturated heterocycles. The maximum atomic E-state index is 12.5. The predicted molar refractivity (Wildman–Crippen MR) is 66.9 cm³/mol. The minimum Gasteiger partial charge on any atom is -0.377 e. The van der Waals surface area contributed by atoms with Crippen LogP contribution in [-0.4, -0.2) is 48.7 Å². The molecule has 18 heavy (non-hydrogen) atoms. The van der Waals surface area contributed by atoms with E-state index in [9.17, 15) is 8.42 Å². The highest BCUT2D eigenvalue weighted by Gasteiger charge is 2.30. The van der Waals surface area contributed by atoms with Gasteiger partial charge in [0.05, 0.1) is 18.2 Å². The van der Waals surface area contributed by atoms with Crippen molar-refractivity contribution >= 4 is 21.6 Å². The summed E-state index contributed by atoms with van der Waals surface area (Å²) >= 11 is 5.71. The van der Waals surface area contributed by atoms with Crippen LogP contribution >= 0.6 is 11.6 Å². The van der Waals surface area contributed by atoms with Crippen molar-refractivity contribution in [1.82, 2.24) is 14.5 Å². The first kappa shape index (κ1) is 13.8. The van der Waals surface area contributed by atoms with Crippen LogP contribution in [0.25, 0.3) is 0 Å². The molecular weight excluding hydrogens is 278 g/mol. The molecule has 1 unspecified atom stereocenters. The number of aromatic nitrogens is 2. The van der Waals surface area contributed by atoms with Crippen molar-refractivity contribution in [2.24, 2.45) is 0 Å². The van der Waals surface area contributed by atoms with Crippen LogP contribution in [0.15, 0.2) is 11.2 Å². The van der Waals surface area contributed by atoms with Crippen molar-refractivity contribution in [3.8, 4) is 0 Å². The average Bonchev–Trinajstić information content (AvgIpc) is 2.71. The fourth-order valence-corrected chi connectivity index (χ4v) is 3.86. The Kier molecular flexibility index (Phi) is 4.26. The summed E-state index contributed by atoms with van der Waals surface area (Å²) in [6, 6.07) is 0. The van der Waals surface area contributed by atoms with Gasteiger partial charge in [-0.1, -0.05) is 0 Å². The van der Waals surface area contributed by atoms with Crippen LogP contribution < -0.4 is 0 Å². The summed E-state index contributed by atoms with van der Waals surface area (Å²) in [5, 5.41) is 6.36. The van der Waals surface area contributed by atoms with E-state index in [2.05, 4.69) is 10.2 Å². The number of ether oxygens (including phenoxy) is 1. The maximum Gasteiger partial charge on any atom is 0.260 e. The van der Waals surface area contributed by atoms with Crippen LogP contribution in [0.2, 0.25) is 0 Å². The van der Waals surface area contributed by atoms with Gasteiger partial charge in [-0.05, 0) is 13.3 Å². The Balaban J connectivity index is 2.30. The van der Waals surface area contributed by atoms with E-state index in [-0.39, 0.29) is 17.0 Å². The largest absolute Gasteiger partial charge is 0.377 e. The second-order valence-electron chi connectivity index (χ2n) is 4.26. The highest BCUT2D eigenvalue weighted by Crippen LogP contribution is 2.21. The number of halogens is 1. The molecule has 102 valence electrons. The van der Waals surface area contributed by atoms with Crippen LogP contribution in [0.5, 0.6) is 0 Å². The van der Waals surface area contributed by atoms with Gasteiger partial charge in [-0.3, -0.25) is 5.10 Å². The Hall–Kier alpha value is -0.630. The number of hydrogen-bond acceptors (Lipinski definition) is 4. The zero-order valence-corrected chi connectivity index (χ0v) is 11.7. The molecule has 1 N–H and O–H groups in total. The molecule has 0 amide bonds. The molecule has 0 aliphatic carbocycles. The van der Waals surface area contributed by atoms with Gasteiger partial charge in [-0.25, -0.2) is 8.42 Å². The van der Waals surface area contributed by atoms with Crippen molar-refractivity contribution in [3.63, 3.8) is 0 Å². The van der Waals surface area contributed by atoms with Crippen LogP contribution in [0.4, 0.5) is 0 Å². The van der Waals surface area contributed by atoms with Gasteiger partial charge in [-0.2, -0.15) is 9.40 Å². The normalized spacial score (nSPS) is 22.9. The first-order valence-electron chi connectivity index (χ1n) is 5.75. The van der Waals surface area contributed by atoms with Crippen molar-refractivity contribution in [2.45, 2.75) is 30.4 Å². The van der Waals surface area contributed by atoms with E-state index in [1.54, 1.807) is 0 Å². The Bertz CT molecular complexity index is 502. The lowest BCUT2D eigenvalue weighted by atomic mass is 10.4. The monoisotopic (exact) mass is 293 g/mol. The first-order valence-corrected chi connectivity index (χ1v) is 7.73. The van der Waals surface area contributed by atoms with Gasteiger partial charge in [0.15, 0.2) is 5.03 Å². The summed E-state index contributed by atoms with van der Waals surface area (Å²) in [5.74, 6) is 0.116. The zero-order valence-electron chi connectivity index (χ0n) is 10.1. The average molecular weight is 294 g/mol. The lowest BCUT2D eigenvalue weighted by Gasteiger charge is -2.21. The van der Waals surface area contributed by atoms with Gasteiger partial charge in [-0.15, -0.1) is 11.6 Å². The fraction of sp³-hybridized carbons (Fsp3) is 0.700. The molecule has 1 aliphatic rings. The third kappa shape index (κ3) is 2.69. The van der Waals surface area contributed by atoms with E-state index in [0.717, 1.165) is 0 Å². The summed E-state index contributed by atoms with van der Waals surface area (Å²) in [5.41, 5.74) is 0.495. The second-order valence-corrected chi connectivity index (χ2v) is 6.40. The molecule has 2 rings (SSSR count). The molecule has 0 saturated carbocycles. The molecule has 8 heteroatoms. The summed E-state index contributed by atoms with van der Waals surface area (Å²) < 4.78 is 31.8. The highest BCUT2D eigenvalue weighted by atomic mass is 35.5. The van der Waals surface area contributed by atoms with Crippen LogP contribution in [-0.2, 0) is 20.6 Å². The third-order valence-electron chi connectivity index (χ3n) is 2.83. The number of nitrogens with zero attached hydrogens (tertiary/aromatic N) is 2. The minimum atomic E-state index is -3.57. The summed E-state index contributed by atoms with van der Waals surface area (Å²) in [6.07, 6.45) is 2.02. The summed E-state index contributed by atoms with van der Waals surface area (Å²) in [7, 11) is -3.57. The van der Waals surface area contributed by atoms with Gasteiger partial charge < -0.3 is 4.74 Å². The van der Waals surface area contributed by atoms with E-state index in [1.165, 1.54) is 10.5 Å². The minimum absolute atomic E-state index is 0.0894. The molecule has 1 atom stereocenters. The molecule has 0 spiro atoms. The molecule has 1 aliphatic heterocycles. The number of aromatic amines is 1. The predicted octanol–water partition coefficient (Wildman–Crippen LogP) is 0.948. The van der Waals surface area contributed by atoms with Crippen LogP contribution in [0.1, 0.15) is 18.9 Å². The molecular formula is C10H16ClN3O3S. The molecule has 1 fully saturated rings.